The van der Waals surface area contributed by atoms with Crippen molar-refractivity contribution >= 4 is 42.1 Å². The van der Waals surface area contributed by atoms with E-state index in [0.29, 0.717) is 6.54 Å². The SMILES string of the molecule is CC1(C(=O)NCC(c2cccs2)N2CCOCC2)CCCNC1.Cl.Cl. The van der Waals surface area contributed by atoms with Gasteiger partial charge >= 0.3 is 0 Å². The van der Waals surface area contributed by atoms with E-state index in [9.17, 15) is 4.79 Å². The molecule has 0 bridgehead atoms. The van der Waals surface area contributed by atoms with Gasteiger partial charge in [0.25, 0.3) is 0 Å². The third-order valence-corrected chi connectivity index (χ3v) is 5.93. The topological polar surface area (TPSA) is 53.6 Å². The van der Waals surface area contributed by atoms with Crippen LogP contribution in [0.3, 0.4) is 0 Å². The number of halogens is 2. The Labute approximate surface area is 166 Å². The zero-order valence-corrected chi connectivity index (χ0v) is 17.1. The molecule has 2 atom stereocenters. The van der Waals surface area contributed by atoms with Gasteiger partial charge in [0.1, 0.15) is 0 Å². The smallest absolute Gasteiger partial charge is 0.227 e. The van der Waals surface area contributed by atoms with E-state index in [2.05, 4.69) is 40.0 Å². The lowest BCUT2D eigenvalue weighted by Crippen LogP contribution is -2.51. The van der Waals surface area contributed by atoms with Gasteiger partial charge in [0.15, 0.2) is 0 Å². The van der Waals surface area contributed by atoms with E-state index in [4.69, 9.17) is 4.74 Å². The number of piperidine rings is 1. The highest BCUT2D eigenvalue weighted by atomic mass is 35.5. The number of ether oxygens (including phenoxy) is 1. The maximum atomic E-state index is 12.7. The molecule has 2 aliphatic rings. The Morgan fingerprint density at radius 2 is 2.20 bits per heavy atom. The van der Waals surface area contributed by atoms with Gasteiger partial charge in [-0.15, -0.1) is 36.2 Å². The molecule has 0 aliphatic carbocycles. The minimum atomic E-state index is -0.275. The highest BCUT2D eigenvalue weighted by Gasteiger charge is 2.35. The van der Waals surface area contributed by atoms with Gasteiger partial charge in [-0.3, -0.25) is 9.69 Å². The minimum absolute atomic E-state index is 0. The average molecular weight is 410 g/mol. The number of morpholine rings is 1. The second-order valence-electron chi connectivity index (χ2n) is 6.73. The molecule has 2 fully saturated rings. The fraction of sp³-hybridized carbons (Fsp3) is 0.706. The highest BCUT2D eigenvalue weighted by molar-refractivity contribution is 7.10. The summed E-state index contributed by atoms with van der Waals surface area (Å²) in [6.45, 7) is 7.95. The average Bonchev–Trinajstić information content (AvgIpc) is 3.11. The Kier molecular flexibility index (Phi) is 9.70. The second-order valence-corrected chi connectivity index (χ2v) is 7.71. The van der Waals surface area contributed by atoms with Crippen molar-refractivity contribution in [2.75, 3.05) is 45.9 Å². The van der Waals surface area contributed by atoms with Crippen LogP contribution in [0.2, 0.25) is 0 Å². The zero-order valence-electron chi connectivity index (χ0n) is 14.7. The largest absolute Gasteiger partial charge is 0.379 e. The minimum Gasteiger partial charge on any atom is -0.379 e. The van der Waals surface area contributed by atoms with Gasteiger partial charge in [-0.1, -0.05) is 6.07 Å². The summed E-state index contributed by atoms with van der Waals surface area (Å²) in [6.07, 6.45) is 2.04. The van der Waals surface area contributed by atoms with Gasteiger partial charge in [-0.05, 0) is 37.8 Å². The van der Waals surface area contributed by atoms with E-state index in [1.54, 1.807) is 11.3 Å². The molecule has 2 N–H and O–H groups in total. The lowest BCUT2D eigenvalue weighted by Gasteiger charge is -2.36. The van der Waals surface area contributed by atoms with Crippen molar-refractivity contribution in [3.05, 3.63) is 22.4 Å². The van der Waals surface area contributed by atoms with Crippen molar-refractivity contribution in [1.29, 1.82) is 0 Å². The number of hydrogen-bond acceptors (Lipinski definition) is 5. The first kappa shape index (κ1) is 22.7. The van der Waals surface area contributed by atoms with Crippen LogP contribution in [-0.4, -0.2) is 56.7 Å². The fourth-order valence-corrected chi connectivity index (χ4v) is 4.29. The molecule has 2 unspecified atom stereocenters. The summed E-state index contributed by atoms with van der Waals surface area (Å²) in [5, 5.41) is 8.68. The Morgan fingerprint density at radius 3 is 2.80 bits per heavy atom. The van der Waals surface area contributed by atoms with Crippen LogP contribution < -0.4 is 10.6 Å². The molecular formula is C17H29Cl2N3O2S. The molecule has 1 aromatic heterocycles. The van der Waals surface area contributed by atoms with E-state index >= 15 is 0 Å². The van der Waals surface area contributed by atoms with Crippen LogP contribution in [0.4, 0.5) is 0 Å². The molecule has 25 heavy (non-hydrogen) atoms. The molecule has 3 rings (SSSR count). The molecule has 1 aromatic rings. The lowest BCUT2D eigenvalue weighted by molar-refractivity contribution is -0.131. The summed E-state index contributed by atoms with van der Waals surface area (Å²) in [4.78, 5) is 16.4. The first-order valence-corrected chi connectivity index (χ1v) is 9.41. The van der Waals surface area contributed by atoms with Crippen LogP contribution in [0, 0.1) is 5.41 Å². The fourth-order valence-electron chi connectivity index (χ4n) is 3.43. The normalized spacial score (nSPS) is 25.3. The van der Waals surface area contributed by atoms with E-state index in [1.165, 1.54) is 4.88 Å². The molecule has 3 heterocycles. The predicted molar refractivity (Wildman–Crippen MR) is 107 cm³/mol. The van der Waals surface area contributed by atoms with E-state index in [0.717, 1.165) is 52.2 Å². The number of nitrogens with zero attached hydrogens (tertiary/aromatic N) is 1. The van der Waals surface area contributed by atoms with Crippen molar-refractivity contribution in [1.82, 2.24) is 15.5 Å². The number of carbonyl (C=O) groups is 1. The van der Waals surface area contributed by atoms with Crippen molar-refractivity contribution in [3.63, 3.8) is 0 Å². The van der Waals surface area contributed by atoms with Gasteiger partial charge in [0.05, 0.1) is 24.7 Å². The molecule has 0 saturated carbocycles. The van der Waals surface area contributed by atoms with Gasteiger partial charge in [-0.25, -0.2) is 0 Å². The zero-order chi connectivity index (χ0) is 16.1. The van der Waals surface area contributed by atoms with Crippen LogP contribution in [0.1, 0.15) is 30.7 Å². The summed E-state index contributed by atoms with van der Waals surface area (Å²) < 4.78 is 5.47. The van der Waals surface area contributed by atoms with Crippen LogP contribution in [-0.2, 0) is 9.53 Å². The summed E-state index contributed by atoms with van der Waals surface area (Å²) in [5.74, 6) is 0.180. The molecule has 144 valence electrons. The van der Waals surface area contributed by atoms with Gasteiger partial charge in [-0.2, -0.15) is 0 Å². The Balaban J connectivity index is 0.00000156. The maximum absolute atomic E-state index is 12.7. The standard InChI is InChI=1S/C17H27N3O2S.2ClH/c1-17(5-3-6-18-13-17)16(21)19-12-14(15-4-2-11-23-15)20-7-9-22-10-8-20;;/h2,4,11,14,18H,3,5-10,12-13H2,1H3,(H,19,21);2*1H. The van der Waals surface area contributed by atoms with Crippen molar-refractivity contribution in [2.24, 2.45) is 5.41 Å². The van der Waals surface area contributed by atoms with Crippen LogP contribution in [0.25, 0.3) is 0 Å². The highest BCUT2D eigenvalue weighted by Crippen LogP contribution is 2.28. The van der Waals surface area contributed by atoms with Crippen molar-refractivity contribution in [3.8, 4) is 0 Å². The molecular weight excluding hydrogens is 381 g/mol. The maximum Gasteiger partial charge on any atom is 0.227 e. The molecule has 0 aromatic carbocycles. The van der Waals surface area contributed by atoms with E-state index < -0.39 is 0 Å². The van der Waals surface area contributed by atoms with Crippen LogP contribution in [0.5, 0.6) is 0 Å². The molecule has 0 radical (unpaired) electrons. The Bertz CT molecular complexity index is 504. The van der Waals surface area contributed by atoms with Crippen molar-refractivity contribution in [2.45, 2.75) is 25.8 Å². The molecule has 2 saturated heterocycles. The number of amides is 1. The molecule has 5 nitrogen and oxygen atoms in total. The Hall–Kier alpha value is -0.370. The third kappa shape index (κ3) is 5.81. The van der Waals surface area contributed by atoms with Gasteiger partial charge in [0, 0.05) is 31.1 Å². The number of rotatable bonds is 5. The monoisotopic (exact) mass is 409 g/mol. The van der Waals surface area contributed by atoms with Gasteiger partial charge in [0.2, 0.25) is 5.91 Å². The summed E-state index contributed by atoms with van der Waals surface area (Å²) in [7, 11) is 0. The summed E-state index contributed by atoms with van der Waals surface area (Å²) in [6, 6.07) is 4.51. The number of thiophene rings is 1. The quantitative estimate of drug-likeness (QED) is 0.783. The van der Waals surface area contributed by atoms with E-state index in [1.807, 2.05) is 0 Å². The number of nitrogens with one attached hydrogen (secondary N) is 2. The first-order valence-electron chi connectivity index (χ1n) is 8.53. The predicted octanol–water partition coefficient (Wildman–Crippen LogP) is 2.47. The molecule has 0 spiro atoms. The summed E-state index contributed by atoms with van der Waals surface area (Å²) in [5.41, 5.74) is -0.275. The van der Waals surface area contributed by atoms with Crippen molar-refractivity contribution < 1.29 is 9.53 Å². The number of hydrogen-bond donors (Lipinski definition) is 2. The number of carbonyl (C=O) groups excluding carboxylic acids is 1. The molecule has 2 aliphatic heterocycles. The van der Waals surface area contributed by atoms with Crippen LogP contribution in [0.15, 0.2) is 17.5 Å². The molecule has 8 heteroatoms. The van der Waals surface area contributed by atoms with E-state index in [-0.39, 0.29) is 42.2 Å². The molecule has 1 amide bonds. The summed E-state index contributed by atoms with van der Waals surface area (Å²) >= 11 is 1.76. The second kappa shape index (κ2) is 10.7. The Morgan fingerprint density at radius 1 is 1.44 bits per heavy atom. The first-order chi connectivity index (χ1) is 11.2. The van der Waals surface area contributed by atoms with Crippen LogP contribution >= 0.6 is 36.2 Å². The van der Waals surface area contributed by atoms with Gasteiger partial charge < -0.3 is 15.4 Å². The third-order valence-electron chi connectivity index (χ3n) is 4.96. The lowest BCUT2D eigenvalue weighted by atomic mass is 9.82.